The van der Waals surface area contributed by atoms with E-state index >= 15 is 0 Å². The molecule has 1 aliphatic rings. The van der Waals surface area contributed by atoms with Crippen molar-refractivity contribution in [2.75, 3.05) is 0 Å². The largest absolute Gasteiger partial charge is 0.410 e. The van der Waals surface area contributed by atoms with Gasteiger partial charge in [0.2, 0.25) is 0 Å². The molecule has 0 bridgehead atoms. The van der Waals surface area contributed by atoms with E-state index in [1.807, 2.05) is 12.1 Å². The van der Waals surface area contributed by atoms with Crippen LogP contribution in [0.25, 0.3) is 0 Å². The van der Waals surface area contributed by atoms with Crippen LogP contribution in [0.2, 0.25) is 0 Å². The highest BCUT2D eigenvalue weighted by Gasteiger charge is 2.21. The summed E-state index contributed by atoms with van der Waals surface area (Å²) >= 11 is 1.57. The number of hydrogen-bond acceptors (Lipinski definition) is 3. The van der Waals surface area contributed by atoms with Gasteiger partial charge >= 0.3 is 0 Å². The van der Waals surface area contributed by atoms with Crippen LogP contribution in [-0.2, 0) is 6.42 Å². The monoisotopic (exact) mass is 193 g/mol. The molecule has 1 unspecified atom stereocenters. The smallest absolute Gasteiger partial charge is 0.120 e. The standard InChI is InChI=1S/C10H11NOS/c1-7-6-8-4-2-3-5-9(8)13-10(7)11-12/h2-5,7,12H,6H2,1H3. The highest BCUT2D eigenvalue weighted by atomic mass is 32.2. The van der Waals surface area contributed by atoms with Crippen molar-refractivity contribution in [3.8, 4) is 0 Å². The first kappa shape index (κ1) is 8.63. The molecule has 0 fully saturated rings. The molecule has 3 heteroatoms. The molecule has 1 N–H and O–H groups in total. The van der Waals surface area contributed by atoms with Crippen LogP contribution in [0.4, 0.5) is 0 Å². The maximum atomic E-state index is 8.75. The van der Waals surface area contributed by atoms with Gasteiger partial charge in [0.1, 0.15) is 5.04 Å². The lowest BCUT2D eigenvalue weighted by Crippen LogP contribution is -2.15. The number of thioether (sulfide) groups is 1. The molecule has 0 aromatic heterocycles. The number of fused-ring (bicyclic) bond motifs is 1. The second-order valence-corrected chi connectivity index (χ2v) is 4.32. The average molecular weight is 193 g/mol. The first-order valence-electron chi connectivity index (χ1n) is 4.29. The fraction of sp³-hybridized carbons (Fsp3) is 0.300. The molecule has 0 amide bonds. The summed E-state index contributed by atoms with van der Waals surface area (Å²) in [5, 5.41) is 12.9. The molecule has 1 aliphatic heterocycles. The van der Waals surface area contributed by atoms with E-state index in [1.54, 1.807) is 11.8 Å². The van der Waals surface area contributed by atoms with Gasteiger partial charge in [0.05, 0.1) is 0 Å². The summed E-state index contributed by atoms with van der Waals surface area (Å²) in [6.45, 7) is 2.08. The first-order chi connectivity index (χ1) is 6.31. The third-order valence-electron chi connectivity index (χ3n) is 2.23. The molecule has 2 rings (SSSR count). The Bertz CT molecular complexity index is 349. The number of hydrogen-bond donors (Lipinski definition) is 1. The molecule has 1 aromatic rings. The van der Waals surface area contributed by atoms with Crippen LogP contribution in [0.5, 0.6) is 0 Å². The summed E-state index contributed by atoms with van der Waals surface area (Å²) in [7, 11) is 0. The fourth-order valence-electron chi connectivity index (χ4n) is 1.52. The molecule has 2 nitrogen and oxygen atoms in total. The van der Waals surface area contributed by atoms with Crippen molar-refractivity contribution in [3.63, 3.8) is 0 Å². The Morgan fingerprint density at radius 2 is 2.23 bits per heavy atom. The maximum Gasteiger partial charge on any atom is 0.120 e. The molecule has 68 valence electrons. The zero-order valence-corrected chi connectivity index (χ0v) is 8.21. The summed E-state index contributed by atoms with van der Waals surface area (Å²) in [4.78, 5) is 1.22. The summed E-state index contributed by atoms with van der Waals surface area (Å²) in [6, 6.07) is 8.26. The second kappa shape index (κ2) is 3.42. The van der Waals surface area contributed by atoms with Crippen molar-refractivity contribution in [2.45, 2.75) is 18.2 Å². The van der Waals surface area contributed by atoms with Crippen LogP contribution in [0.1, 0.15) is 12.5 Å². The second-order valence-electron chi connectivity index (χ2n) is 3.25. The predicted octanol–water partition coefficient (Wildman–Crippen LogP) is 2.76. The maximum absolute atomic E-state index is 8.75. The Morgan fingerprint density at radius 3 is 3.00 bits per heavy atom. The Hall–Kier alpha value is -0.960. The van der Waals surface area contributed by atoms with E-state index in [2.05, 4.69) is 24.2 Å². The van der Waals surface area contributed by atoms with E-state index in [0.717, 1.165) is 11.5 Å². The lowest BCUT2D eigenvalue weighted by Gasteiger charge is -2.21. The van der Waals surface area contributed by atoms with Crippen LogP contribution in [-0.4, -0.2) is 10.3 Å². The van der Waals surface area contributed by atoms with Gasteiger partial charge in [0, 0.05) is 10.8 Å². The quantitative estimate of drug-likeness (QED) is 0.507. The van der Waals surface area contributed by atoms with Crippen LogP contribution >= 0.6 is 11.8 Å². The molecule has 1 aromatic carbocycles. The van der Waals surface area contributed by atoms with Gasteiger partial charge in [-0.3, -0.25) is 0 Å². The number of rotatable bonds is 0. The van der Waals surface area contributed by atoms with Crippen molar-refractivity contribution in [2.24, 2.45) is 11.1 Å². The van der Waals surface area contributed by atoms with E-state index in [9.17, 15) is 0 Å². The van der Waals surface area contributed by atoms with Crippen molar-refractivity contribution in [1.82, 2.24) is 0 Å². The van der Waals surface area contributed by atoms with Gasteiger partial charge < -0.3 is 5.21 Å². The van der Waals surface area contributed by atoms with Crippen LogP contribution in [0.15, 0.2) is 34.3 Å². The van der Waals surface area contributed by atoms with E-state index in [1.165, 1.54) is 10.5 Å². The zero-order valence-electron chi connectivity index (χ0n) is 7.40. The third-order valence-corrected chi connectivity index (χ3v) is 3.54. The summed E-state index contributed by atoms with van der Waals surface area (Å²) in [6.07, 6.45) is 0.975. The first-order valence-corrected chi connectivity index (χ1v) is 5.10. The van der Waals surface area contributed by atoms with Crippen LogP contribution in [0.3, 0.4) is 0 Å². The minimum absolute atomic E-state index is 0.338. The van der Waals surface area contributed by atoms with E-state index in [0.29, 0.717) is 5.92 Å². The lowest BCUT2D eigenvalue weighted by atomic mass is 10.0. The molecular weight excluding hydrogens is 182 g/mol. The molecule has 0 saturated heterocycles. The molecule has 0 saturated carbocycles. The molecule has 13 heavy (non-hydrogen) atoms. The zero-order chi connectivity index (χ0) is 9.26. The van der Waals surface area contributed by atoms with E-state index in [-0.39, 0.29) is 0 Å². The highest BCUT2D eigenvalue weighted by molar-refractivity contribution is 8.14. The normalized spacial score (nSPS) is 24.4. The summed E-state index contributed by atoms with van der Waals surface area (Å²) < 4.78 is 0. The summed E-state index contributed by atoms with van der Waals surface area (Å²) in [5.74, 6) is 0.338. The van der Waals surface area contributed by atoms with Gasteiger partial charge in [-0.2, -0.15) is 0 Å². The van der Waals surface area contributed by atoms with Gasteiger partial charge in [0.15, 0.2) is 0 Å². The Balaban J connectivity index is 2.38. The van der Waals surface area contributed by atoms with Gasteiger partial charge in [0.25, 0.3) is 0 Å². The Morgan fingerprint density at radius 1 is 1.46 bits per heavy atom. The van der Waals surface area contributed by atoms with Gasteiger partial charge in [-0.05, 0) is 18.1 Å². The third kappa shape index (κ3) is 1.56. The van der Waals surface area contributed by atoms with Crippen molar-refractivity contribution >= 4 is 16.8 Å². The van der Waals surface area contributed by atoms with Crippen molar-refractivity contribution in [3.05, 3.63) is 29.8 Å². The summed E-state index contributed by atoms with van der Waals surface area (Å²) in [5.41, 5.74) is 1.35. The molecule has 1 atom stereocenters. The molecule has 0 aliphatic carbocycles. The topological polar surface area (TPSA) is 32.6 Å². The molecule has 1 heterocycles. The SMILES string of the molecule is CC1Cc2ccccc2SC1=NO. The number of oxime groups is 1. The van der Waals surface area contributed by atoms with Crippen molar-refractivity contribution < 1.29 is 5.21 Å². The Kier molecular flexibility index (Phi) is 2.27. The molecule has 0 radical (unpaired) electrons. The van der Waals surface area contributed by atoms with E-state index in [4.69, 9.17) is 5.21 Å². The van der Waals surface area contributed by atoms with Gasteiger partial charge in [-0.15, -0.1) is 0 Å². The van der Waals surface area contributed by atoms with Crippen LogP contribution < -0.4 is 0 Å². The predicted molar refractivity (Wildman–Crippen MR) is 54.4 cm³/mol. The molecule has 0 spiro atoms. The van der Waals surface area contributed by atoms with Gasteiger partial charge in [-0.1, -0.05) is 42.0 Å². The lowest BCUT2D eigenvalue weighted by molar-refractivity contribution is 0.317. The van der Waals surface area contributed by atoms with Gasteiger partial charge in [-0.25, -0.2) is 0 Å². The highest BCUT2D eigenvalue weighted by Crippen LogP contribution is 2.34. The minimum Gasteiger partial charge on any atom is -0.410 e. The molecular formula is C10H11NOS. The van der Waals surface area contributed by atoms with Crippen molar-refractivity contribution in [1.29, 1.82) is 0 Å². The number of benzene rings is 1. The van der Waals surface area contributed by atoms with E-state index < -0.39 is 0 Å². The minimum atomic E-state index is 0.338. The number of nitrogens with zero attached hydrogens (tertiary/aromatic N) is 1. The Labute approximate surface area is 81.7 Å². The average Bonchev–Trinajstić information content (AvgIpc) is 2.17. The van der Waals surface area contributed by atoms with Crippen LogP contribution in [0, 0.1) is 5.92 Å². The fourth-order valence-corrected chi connectivity index (χ4v) is 2.50.